The van der Waals surface area contributed by atoms with Crippen LogP contribution in [0.1, 0.15) is 34.5 Å². The fourth-order valence-corrected chi connectivity index (χ4v) is 5.42. The van der Waals surface area contributed by atoms with Gasteiger partial charge in [0.15, 0.2) is 0 Å². The van der Waals surface area contributed by atoms with Crippen molar-refractivity contribution >= 4 is 44.6 Å². The molecule has 136 valence electrons. The lowest BCUT2D eigenvalue weighted by Gasteiger charge is -2.23. The Balaban J connectivity index is 1.59. The number of hydrogen-bond acceptors (Lipinski definition) is 6. The van der Waals surface area contributed by atoms with E-state index in [1.54, 1.807) is 22.7 Å². The molecule has 5 nitrogen and oxygen atoms in total. The number of fused-ring (bicyclic) bond motifs is 3. The number of aryl methyl sites for hydroxylation is 3. The Morgan fingerprint density at radius 2 is 2.23 bits per heavy atom. The molecule has 26 heavy (non-hydrogen) atoms. The maximum absolute atomic E-state index is 12.5. The van der Waals surface area contributed by atoms with Gasteiger partial charge < -0.3 is 10.2 Å². The average Bonchev–Trinajstić information content (AvgIpc) is 3.33. The van der Waals surface area contributed by atoms with Gasteiger partial charge in [0, 0.05) is 16.3 Å². The molecule has 3 aromatic heterocycles. The number of carbonyl (C=O) groups is 1. The molecule has 0 aliphatic heterocycles. The second-order valence-electron chi connectivity index (χ2n) is 6.50. The summed E-state index contributed by atoms with van der Waals surface area (Å²) < 4.78 is 0. The number of nitrogens with one attached hydrogen (secondary N) is 1. The van der Waals surface area contributed by atoms with Crippen LogP contribution in [0, 0.1) is 6.92 Å². The maximum Gasteiger partial charge on any atom is 0.239 e. The van der Waals surface area contributed by atoms with Crippen molar-refractivity contribution in [2.75, 3.05) is 18.0 Å². The van der Waals surface area contributed by atoms with E-state index in [1.165, 1.54) is 22.2 Å². The Hall–Kier alpha value is -1.99. The first-order chi connectivity index (χ1) is 12.7. The molecule has 3 aromatic rings. The minimum Gasteiger partial charge on any atom is -0.350 e. The normalized spacial score (nSPS) is 13.2. The SMILES string of the molecule is CCN(CC(=O)NCc1cccs1)c1nc(C)nc2sc3c(c12)CCC3. The summed E-state index contributed by atoms with van der Waals surface area (Å²) in [6.45, 7) is 5.64. The van der Waals surface area contributed by atoms with Crippen molar-refractivity contribution in [2.45, 2.75) is 39.7 Å². The van der Waals surface area contributed by atoms with Crippen molar-refractivity contribution in [1.29, 1.82) is 0 Å². The molecule has 3 heterocycles. The van der Waals surface area contributed by atoms with Gasteiger partial charge in [-0.3, -0.25) is 4.79 Å². The maximum atomic E-state index is 12.5. The molecule has 0 spiro atoms. The van der Waals surface area contributed by atoms with Crippen molar-refractivity contribution in [1.82, 2.24) is 15.3 Å². The minimum absolute atomic E-state index is 0.0246. The van der Waals surface area contributed by atoms with E-state index in [2.05, 4.69) is 22.1 Å². The zero-order chi connectivity index (χ0) is 18.1. The second kappa shape index (κ2) is 7.32. The third kappa shape index (κ3) is 3.33. The van der Waals surface area contributed by atoms with Crippen molar-refractivity contribution < 1.29 is 4.79 Å². The predicted molar refractivity (Wildman–Crippen MR) is 108 cm³/mol. The summed E-state index contributed by atoms with van der Waals surface area (Å²) >= 11 is 3.45. The third-order valence-electron chi connectivity index (χ3n) is 4.71. The Labute approximate surface area is 161 Å². The summed E-state index contributed by atoms with van der Waals surface area (Å²) in [5.74, 6) is 1.71. The topological polar surface area (TPSA) is 58.1 Å². The van der Waals surface area contributed by atoms with Crippen LogP contribution >= 0.6 is 22.7 Å². The number of carbonyl (C=O) groups excluding carboxylic acids is 1. The molecule has 0 bridgehead atoms. The zero-order valence-electron chi connectivity index (χ0n) is 15.0. The highest BCUT2D eigenvalue weighted by Gasteiger charge is 2.24. The molecule has 7 heteroatoms. The first kappa shape index (κ1) is 17.4. The van der Waals surface area contributed by atoms with E-state index in [4.69, 9.17) is 4.98 Å². The summed E-state index contributed by atoms with van der Waals surface area (Å²) in [7, 11) is 0. The minimum atomic E-state index is 0.0246. The second-order valence-corrected chi connectivity index (χ2v) is 8.62. The van der Waals surface area contributed by atoms with Crippen LogP contribution in [0.3, 0.4) is 0 Å². The first-order valence-corrected chi connectivity index (χ1v) is 10.7. The molecule has 1 N–H and O–H groups in total. The van der Waals surface area contributed by atoms with Gasteiger partial charge in [-0.05, 0) is 50.1 Å². The van der Waals surface area contributed by atoms with Gasteiger partial charge in [-0.2, -0.15) is 0 Å². The van der Waals surface area contributed by atoms with E-state index < -0.39 is 0 Å². The quantitative estimate of drug-likeness (QED) is 0.702. The van der Waals surface area contributed by atoms with Crippen LogP contribution in [0.5, 0.6) is 0 Å². The molecule has 0 saturated carbocycles. The van der Waals surface area contributed by atoms with E-state index in [0.29, 0.717) is 13.1 Å². The smallest absolute Gasteiger partial charge is 0.239 e. The number of nitrogens with zero attached hydrogens (tertiary/aromatic N) is 3. The van der Waals surface area contributed by atoms with Crippen molar-refractivity contribution in [2.24, 2.45) is 0 Å². The van der Waals surface area contributed by atoms with Gasteiger partial charge in [0.2, 0.25) is 5.91 Å². The van der Waals surface area contributed by atoms with Crippen molar-refractivity contribution in [3.05, 3.63) is 38.7 Å². The van der Waals surface area contributed by atoms with Crippen LogP contribution in [0.4, 0.5) is 5.82 Å². The van der Waals surface area contributed by atoms with E-state index in [9.17, 15) is 4.79 Å². The fraction of sp³-hybridized carbons (Fsp3) is 0.421. The molecule has 4 rings (SSSR count). The standard InChI is InChI=1S/C19H22N4OS2/c1-3-23(11-16(24)20-10-13-6-5-9-25-13)18-17-14-7-4-8-15(14)26-19(17)22-12(2)21-18/h5-6,9H,3-4,7-8,10-11H2,1-2H3,(H,20,24). The van der Waals surface area contributed by atoms with Gasteiger partial charge in [0.1, 0.15) is 16.5 Å². The van der Waals surface area contributed by atoms with Gasteiger partial charge >= 0.3 is 0 Å². The number of hydrogen-bond donors (Lipinski definition) is 1. The van der Waals surface area contributed by atoms with Crippen molar-refractivity contribution in [3.63, 3.8) is 0 Å². The van der Waals surface area contributed by atoms with Crippen LogP contribution in [0.25, 0.3) is 10.2 Å². The molecular formula is C19H22N4OS2. The number of amides is 1. The Kier molecular flexibility index (Phi) is 4.91. The third-order valence-corrected chi connectivity index (χ3v) is 6.78. The molecule has 0 saturated heterocycles. The Bertz CT molecular complexity index is 933. The van der Waals surface area contributed by atoms with Gasteiger partial charge in [-0.15, -0.1) is 22.7 Å². The highest BCUT2D eigenvalue weighted by atomic mass is 32.1. The summed E-state index contributed by atoms with van der Waals surface area (Å²) in [5, 5.41) is 6.21. The van der Waals surface area contributed by atoms with Gasteiger partial charge in [-0.1, -0.05) is 6.07 Å². The molecule has 0 radical (unpaired) electrons. The number of rotatable bonds is 6. The number of likely N-dealkylation sites (N-methyl/N-ethyl adjacent to an activating group) is 1. The van der Waals surface area contributed by atoms with Gasteiger partial charge in [-0.25, -0.2) is 9.97 Å². The molecular weight excluding hydrogens is 364 g/mol. The van der Waals surface area contributed by atoms with Crippen LogP contribution in [-0.2, 0) is 24.2 Å². The van der Waals surface area contributed by atoms with Gasteiger partial charge in [0.25, 0.3) is 0 Å². The number of thiophene rings is 2. The highest BCUT2D eigenvalue weighted by Crippen LogP contribution is 2.40. The number of aromatic nitrogens is 2. The molecule has 1 amide bonds. The van der Waals surface area contributed by atoms with Crippen LogP contribution in [0.2, 0.25) is 0 Å². The Morgan fingerprint density at radius 3 is 3.00 bits per heavy atom. The largest absolute Gasteiger partial charge is 0.350 e. The van der Waals surface area contributed by atoms with E-state index in [1.807, 2.05) is 24.4 Å². The monoisotopic (exact) mass is 386 g/mol. The first-order valence-electron chi connectivity index (χ1n) is 8.98. The average molecular weight is 387 g/mol. The Morgan fingerprint density at radius 1 is 1.35 bits per heavy atom. The van der Waals surface area contributed by atoms with E-state index in [-0.39, 0.29) is 5.91 Å². The lowest BCUT2D eigenvalue weighted by atomic mass is 10.1. The van der Waals surface area contributed by atoms with Crippen LogP contribution < -0.4 is 10.2 Å². The van der Waals surface area contributed by atoms with E-state index >= 15 is 0 Å². The summed E-state index contributed by atoms with van der Waals surface area (Å²) in [6.07, 6.45) is 3.44. The lowest BCUT2D eigenvalue weighted by Crippen LogP contribution is -2.37. The molecule has 0 atom stereocenters. The van der Waals surface area contributed by atoms with E-state index in [0.717, 1.165) is 40.7 Å². The molecule has 0 aromatic carbocycles. The molecule has 1 aliphatic rings. The molecule has 0 fully saturated rings. The van der Waals surface area contributed by atoms with Crippen LogP contribution in [-0.4, -0.2) is 29.0 Å². The lowest BCUT2D eigenvalue weighted by molar-refractivity contribution is -0.119. The predicted octanol–water partition coefficient (Wildman–Crippen LogP) is 3.69. The highest BCUT2D eigenvalue weighted by molar-refractivity contribution is 7.19. The fourth-order valence-electron chi connectivity index (χ4n) is 3.47. The van der Waals surface area contributed by atoms with Crippen molar-refractivity contribution in [3.8, 4) is 0 Å². The zero-order valence-corrected chi connectivity index (χ0v) is 16.7. The summed E-state index contributed by atoms with van der Waals surface area (Å²) in [4.78, 5) is 27.6. The molecule has 1 aliphatic carbocycles. The molecule has 0 unspecified atom stereocenters. The summed E-state index contributed by atoms with van der Waals surface area (Å²) in [6, 6.07) is 4.04. The number of anilines is 1. The van der Waals surface area contributed by atoms with Gasteiger partial charge in [0.05, 0.1) is 18.5 Å². The van der Waals surface area contributed by atoms with Crippen LogP contribution in [0.15, 0.2) is 17.5 Å². The summed E-state index contributed by atoms with van der Waals surface area (Å²) in [5.41, 5.74) is 1.40.